The van der Waals surface area contributed by atoms with Crippen molar-refractivity contribution in [2.45, 2.75) is 13.5 Å². The minimum Gasteiger partial charge on any atom is -0.492 e. The topological polar surface area (TPSA) is 42.3 Å². The second-order valence-electron chi connectivity index (χ2n) is 5.25. The van der Waals surface area contributed by atoms with Crippen LogP contribution in [0.25, 0.3) is 0 Å². The molecule has 3 rings (SSSR count). The molecule has 0 radical (unpaired) electrons. The van der Waals surface area contributed by atoms with E-state index in [0.717, 1.165) is 44.3 Å². The minimum atomic E-state index is 0.657. The molecule has 0 aliphatic carbocycles. The van der Waals surface area contributed by atoms with Gasteiger partial charge in [0.05, 0.1) is 6.54 Å². The van der Waals surface area contributed by atoms with Crippen LogP contribution >= 0.6 is 0 Å². The van der Waals surface area contributed by atoms with Gasteiger partial charge in [-0.2, -0.15) is 0 Å². The Balaban J connectivity index is 1.51. The van der Waals surface area contributed by atoms with E-state index < -0.39 is 0 Å². The molecule has 0 saturated carbocycles. The molecule has 0 unspecified atom stereocenters. The lowest BCUT2D eigenvalue weighted by Crippen LogP contribution is -2.43. The van der Waals surface area contributed by atoms with Crippen LogP contribution in [0.4, 0.5) is 5.69 Å². The van der Waals surface area contributed by atoms with E-state index in [9.17, 15) is 0 Å². The van der Waals surface area contributed by atoms with Gasteiger partial charge in [-0.25, -0.2) is 4.98 Å². The van der Waals surface area contributed by atoms with Gasteiger partial charge in [0.1, 0.15) is 18.2 Å². The molecule has 1 aromatic carbocycles. The summed E-state index contributed by atoms with van der Waals surface area (Å²) >= 11 is 0. The molecule has 0 atom stereocenters. The van der Waals surface area contributed by atoms with Gasteiger partial charge in [0, 0.05) is 44.3 Å². The molecule has 21 heavy (non-hydrogen) atoms. The first-order valence-electron chi connectivity index (χ1n) is 7.49. The average Bonchev–Trinajstić information content (AvgIpc) is 2.94. The molecule has 1 fully saturated rings. The van der Waals surface area contributed by atoms with Crippen LogP contribution in [0.1, 0.15) is 5.82 Å². The number of anilines is 1. The predicted octanol–water partition coefficient (Wildman–Crippen LogP) is 1.68. The van der Waals surface area contributed by atoms with Crippen molar-refractivity contribution >= 4 is 5.69 Å². The number of aryl methyl sites for hydroxylation is 1. The summed E-state index contributed by atoms with van der Waals surface area (Å²) in [6, 6.07) is 8.39. The molecular weight excluding hydrogens is 264 g/mol. The van der Waals surface area contributed by atoms with Crippen LogP contribution in [0.5, 0.6) is 5.75 Å². The Hall–Kier alpha value is -2.01. The van der Waals surface area contributed by atoms with Gasteiger partial charge in [-0.1, -0.05) is 0 Å². The summed E-state index contributed by atoms with van der Waals surface area (Å²) < 4.78 is 7.89. The van der Waals surface area contributed by atoms with Crippen LogP contribution in [0.15, 0.2) is 36.7 Å². The molecule has 1 aromatic heterocycles. The van der Waals surface area contributed by atoms with Crippen molar-refractivity contribution in [3.63, 3.8) is 0 Å². The number of ether oxygens (including phenoxy) is 1. The number of hydrogen-bond donors (Lipinski definition) is 1. The third-order valence-corrected chi connectivity index (χ3v) is 3.84. The number of piperazine rings is 1. The van der Waals surface area contributed by atoms with Crippen LogP contribution in [0, 0.1) is 6.92 Å². The monoisotopic (exact) mass is 286 g/mol. The Morgan fingerprint density at radius 1 is 1.19 bits per heavy atom. The SMILES string of the molecule is Cc1nccn1CCOc1ccc(N2CCNCC2)cc1. The standard InChI is InChI=1S/C16H22N4O/c1-14-18-8-11-19(14)12-13-21-16-4-2-15(3-5-16)20-9-6-17-7-10-20/h2-5,8,11,17H,6-7,9-10,12-13H2,1H3. The highest BCUT2D eigenvalue weighted by Crippen LogP contribution is 2.19. The van der Waals surface area contributed by atoms with Crippen molar-refractivity contribution in [1.29, 1.82) is 0 Å². The molecule has 5 nitrogen and oxygen atoms in total. The summed E-state index contributed by atoms with van der Waals surface area (Å²) in [6.07, 6.45) is 3.80. The molecule has 0 bridgehead atoms. The Kier molecular flexibility index (Phi) is 4.40. The van der Waals surface area contributed by atoms with E-state index in [0.29, 0.717) is 6.61 Å². The maximum absolute atomic E-state index is 5.80. The molecule has 5 heteroatoms. The fraction of sp³-hybridized carbons (Fsp3) is 0.438. The summed E-state index contributed by atoms with van der Waals surface area (Å²) in [7, 11) is 0. The number of imidazole rings is 1. The number of aromatic nitrogens is 2. The first kappa shape index (κ1) is 13.9. The zero-order valence-electron chi connectivity index (χ0n) is 12.5. The summed E-state index contributed by atoms with van der Waals surface area (Å²) in [5, 5.41) is 3.37. The van der Waals surface area contributed by atoms with Crippen LogP contribution < -0.4 is 15.0 Å². The van der Waals surface area contributed by atoms with Gasteiger partial charge in [-0.15, -0.1) is 0 Å². The van der Waals surface area contributed by atoms with E-state index in [2.05, 4.69) is 44.0 Å². The molecule has 1 aliphatic rings. The van der Waals surface area contributed by atoms with Crippen LogP contribution in [0.2, 0.25) is 0 Å². The first-order valence-corrected chi connectivity index (χ1v) is 7.49. The Morgan fingerprint density at radius 3 is 2.62 bits per heavy atom. The molecule has 1 N–H and O–H groups in total. The number of nitrogens with zero attached hydrogens (tertiary/aromatic N) is 3. The van der Waals surface area contributed by atoms with Gasteiger partial charge in [0.2, 0.25) is 0 Å². The molecule has 2 aromatic rings. The maximum Gasteiger partial charge on any atom is 0.119 e. The highest BCUT2D eigenvalue weighted by molar-refractivity contribution is 5.49. The van der Waals surface area contributed by atoms with E-state index >= 15 is 0 Å². The van der Waals surface area contributed by atoms with Crippen molar-refractivity contribution < 1.29 is 4.74 Å². The van der Waals surface area contributed by atoms with Gasteiger partial charge >= 0.3 is 0 Å². The molecule has 0 spiro atoms. The highest BCUT2D eigenvalue weighted by atomic mass is 16.5. The molecule has 0 amide bonds. The van der Waals surface area contributed by atoms with Gasteiger partial charge in [0.15, 0.2) is 0 Å². The van der Waals surface area contributed by atoms with E-state index in [1.807, 2.05) is 19.3 Å². The zero-order valence-corrected chi connectivity index (χ0v) is 12.5. The van der Waals surface area contributed by atoms with Crippen LogP contribution in [-0.2, 0) is 6.54 Å². The summed E-state index contributed by atoms with van der Waals surface area (Å²) in [4.78, 5) is 6.60. The van der Waals surface area contributed by atoms with E-state index in [4.69, 9.17) is 4.74 Å². The number of rotatable bonds is 5. The lowest BCUT2D eigenvalue weighted by molar-refractivity contribution is 0.297. The van der Waals surface area contributed by atoms with Gasteiger partial charge in [0.25, 0.3) is 0 Å². The van der Waals surface area contributed by atoms with E-state index in [1.165, 1.54) is 5.69 Å². The second kappa shape index (κ2) is 6.63. The van der Waals surface area contributed by atoms with Crippen molar-refractivity contribution in [2.75, 3.05) is 37.7 Å². The molecule has 1 aliphatic heterocycles. The van der Waals surface area contributed by atoms with E-state index in [1.54, 1.807) is 0 Å². The Labute approximate surface area is 125 Å². The summed E-state index contributed by atoms with van der Waals surface area (Å²) in [5.74, 6) is 1.94. The quantitative estimate of drug-likeness (QED) is 0.908. The smallest absolute Gasteiger partial charge is 0.119 e. The zero-order chi connectivity index (χ0) is 14.5. The number of nitrogens with one attached hydrogen (secondary N) is 1. The largest absolute Gasteiger partial charge is 0.492 e. The predicted molar refractivity (Wildman–Crippen MR) is 84.0 cm³/mol. The Morgan fingerprint density at radius 2 is 1.95 bits per heavy atom. The molecule has 1 saturated heterocycles. The summed E-state index contributed by atoms with van der Waals surface area (Å²) in [6.45, 7) is 7.74. The Bertz CT molecular complexity index is 558. The fourth-order valence-electron chi connectivity index (χ4n) is 2.58. The van der Waals surface area contributed by atoms with Crippen LogP contribution in [0.3, 0.4) is 0 Å². The third-order valence-electron chi connectivity index (χ3n) is 3.84. The lowest BCUT2D eigenvalue weighted by Gasteiger charge is -2.29. The van der Waals surface area contributed by atoms with E-state index in [-0.39, 0.29) is 0 Å². The van der Waals surface area contributed by atoms with Crippen molar-refractivity contribution in [1.82, 2.24) is 14.9 Å². The molecule has 2 heterocycles. The maximum atomic E-state index is 5.80. The average molecular weight is 286 g/mol. The highest BCUT2D eigenvalue weighted by Gasteiger charge is 2.09. The number of hydrogen-bond acceptors (Lipinski definition) is 4. The normalized spacial score (nSPS) is 15.2. The van der Waals surface area contributed by atoms with Gasteiger partial charge in [-0.3, -0.25) is 0 Å². The number of benzene rings is 1. The lowest BCUT2D eigenvalue weighted by atomic mass is 10.2. The summed E-state index contributed by atoms with van der Waals surface area (Å²) in [5.41, 5.74) is 1.27. The third kappa shape index (κ3) is 3.55. The minimum absolute atomic E-state index is 0.657. The fourth-order valence-corrected chi connectivity index (χ4v) is 2.58. The van der Waals surface area contributed by atoms with Crippen molar-refractivity contribution in [3.05, 3.63) is 42.5 Å². The van der Waals surface area contributed by atoms with Crippen molar-refractivity contribution in [3.8, 4) is 5.75 Å². The van der Waals surface area contributed by atoms with Gasteiger partial charge in [-0.05, 0) is 31.2 Å². The van der Waals surface area contributed by atoms with Crippen molar-refractivity contribution in [2.24, 2.45) is 0 Å². The first-order chi connectivity index (χ1) is 10.3. The van der Waals surface area contributed by atoms with Gasteiger partial charge < -0.3 is 19.5 Å². The molecular formula is C16H22N4O. The second-order valence-corrected chi connectivity index (χ2v) is 5.25. The van der Waals surface area contributed by atoms with Crippen LogP contribution in [-0.4, -0.2) is 42.3 Å². The molecule has 112 valence electrons.